The van der Waals surface area contributed by atoms with E-state index in [9.17, 15) is 0 Å². The Hall–Kier alpha value is -1.10. The molecule has 2 unspecified atom stereocenters. The van der Waals surface area contributed by atoms with E-state index in [0.29, 0.717) is 29.4 Å². The van der Waals surface area contributed by atoms with Gasteiger partial charge in [-0.05, 0) is 0 Å². The quantitative estimate of drug-likeness (QED) is 0.155. The fourth-order valence-corrected chi connectivity index (χ4v) is 21.2. The molecule has 0 amide bonds. The average molecular weight is 761 g/mol. The molecule has 2 aliphatic carbocycles. The summed E-state index contributed by atoms with van der Waals surface area (Å²) in [4.78, 5) is 0. The number of rotatable bonds is 16. The van der Waals surface area contributed by atoms with Crippen LogP contribution in [0.4, 0.5) is 0 Å². The largest absolute Gasteiger partial charge is 1.00 e. The molecule has 2 aromatic rings. The molecule has 7 heteroatoms. The first-order chi connectivity index (χ1) is 20.5. The third kappa shape index (κ3) is 8.31. The van der Waals surface area contributed by atoms with E-state index in [1.54, 1.807) is 0 Å². The first kappa shape index (κ1) is 40.1. The van der Waals surface area contributed by atoms with Crippen LogP contribution in [-0.4, -0.2) is 16.6 Å². The molecule has 45 heavy (non-hydrogen) atoms. The summed E-state index contributed by atoms with van der Waals surface area (Å²) in [6.45, 7) is 27.3. The van der Waals surface area contributed by atoms with Gasteiger partial charge in [-0.15, -0.1) is 0 Å². The van der Waals surface area contributed by atoms with Crippen LogP contribution in [0.5, 0.6) is 0 Å². The molecule has 2 nitrogen and oxygen atoms in total. The third-order valence-electron chi connectivity index (χ3n) is 10.1. The Morgan fingerprint density at radius 2 is 0.956 bits per heavy atom. The number of fused-ring (bicyclic) bond motifs is 2. The van der Waals surface area contributed by atoms with Crippen LogP contribution >= 0.6 is 0 Å². The van der Waals surface area contributed by atoms with Crippen LogP contribution in [0.15, 0.2) is 85.4 Å². The average Bonchev–Trinajstić information content (AvgIpc) is 3.49. The van der Waals surface area contributed by atoms with Gasteiger partial charge in [-0.25, -0.2) is 0 Å². The van der Waals surface area contributed by atoms with Crippen molar-refractivity contribution in [2.75, 3.05) is 0 Å². The van der Waals surface area contributed by atoms with E-state index in [2.05, 4.69) is 141 Å². The van der Waals surface area contributed by atoms with Gasteiger partial charge in [-0.2, -0.15) is 0 Å². The summed E-state index contributed by atoms with van der Waals surface area (Å²) in [5.41, 5.74) is 7.75. The van der Waals surface area contributed by atoms with Gasteiger partial charge in [0.25, 0.3) is 0 Å². The maximum Gasteiger partial charge on any atom is -1.00 e. The van der Waals surface area contributed by atoms with Gasteiger partial charge in [0.15, 0.2) is 0 Å². The van der Waals surface area contributed by atoms with Gasteiger partial charge in [-0.3, -0.25) is 0 Å². The zero-order chi connectivity index (χ0) is 31.4. The molecule has 4 rings (SSSR count). The molecule has 0 aromatic heterocycles. The summed E-state index contributed by atoms with van der Waals surface area (Å²) in [5, 5.41) is 0. The fourth-order valence-electron chi connectivity index (χ4n) is 7.43. The molecule has 0 saturated heterocycles. The first-order valence-electron chi connectivity index (χ1n) is 16.5. The second-order valence-electron chi connectivity index (χ2n) is 13.8. The Morgan fingerprint density at radius 1 is 0.622 bits per heavy atom. The number of hydrogen-bond donors (Lipinski definition) is 0. The standard InChI is InChI=1S/2C19H27OSi.2ClH.Zr/c2*1-6-7-12-21(15(2)3,16(4)5)20-19-13-17-10-8-9-11-18(17)14-19;;;/h2*6,8-11,13-16H,1,7,12H2,2-5H3;2*1H;/q;;;;+2/p-2. The monoisotopic (exact) mass is 758 g/mol. The van der Waals surface area contributed by atoms with Crippen molar-refractivity contribution >= 4 is 28.8 Å². The van der Waals surface area contributed by atoms with Gasteiger partial charge < -0.3 is 24.8 Å². The van der Waals surface area contributed by atoms with Crippen LogP contribution in [-0.2, 0) is 32.1 Å². The van der Waals surface area contributed by atoms with E-state index in [0.717, 1.165) is 24.9 Å². The summed E-state index contributed by atoms with van der Waals surface area (Å²) < 4.78 is 15.8. The molecular weight excluding hydrogens is 707 g/mol. The second-order valence-corrected chi connectivity index (χ2v) is 27.3. The van der Waals surface area contributed by atoms with Gasteiger partial charge in [0.1, 0.15) is 0 Å². The molecule has 0 fully saturated rings. The third-order valence-corrected chi connectivity index (χ3v) is 25.9. The fraction of sp³-hybridized carbons (Fsp3) is 0.474. The number of halogens is 2. The molecule has 0 N–H and O–H groups in total. The van der Waals surface area contributed by atoms with Crippen molar-refractivity contribution in [2.45, 2.75) is 110 Å². The van der Waals surface area contributed by atoms with E-state index >= 15 is 0 Å². The Labute approximate surface area is 300 Å². The molecule has 0 spiro atoms. The predicted molar refractivity (Wildman–Crippen MR) is 188 cm³/mol. The van der Waals surface area contributed by atoms with E-state index < -0.39 is 39.9 Å². The normalized spacial score (nSPS) is 17.2. The van der Waals surface area contributed by atoms with Gasteiger partial charge in [0, 0.05) is 0 Å². The minimum absolute atomic E-state index is 0. The van der Waals surface area contributed by atoms with Crippen molar-refractivity contribution in [1.82, 2.24) is 0 Å². The zero-order valence-corrected chi connectivity index (χ0v) is 34.7. The second kappa shape index (κ2) is 17.3. The van der Waals surface area contributed by atoms with E-state index in [1.807, 2.05) is 0 Å². The van der Waals surface area contributed by atoms with Crippen molar-refractivity contribution < 1.29 is 56.9 Å². The Bertz CT molecular complexity index is 1230. The van der Waals surface area contributed by atoms with E-state index in [4.69, 9.17) is 8.85 Å². The van der Waals surface area contributed by atoms with Crippen LogP contribution in [0.2, 0.25) is 34.3 Å². The van der Waals surface area contributed by atoms with Gasteiger partial charge in [0.05, 0.1) is 0 Å². The summed E-state index contributed by atoms with van der Waals surface area (Å²) >= 11 is -1.20. The molecule has 0 aliphatic heterocycles. The first-order valence-corrected chi connectivity index (χ1v) is 23.8. The molecule has 0 heterocycles. The van der Waals surface area contributed by atoms with Gasteiger partial charge in [0.2, 0.25) is 0 Å². The van der Waals surface area contributed by atoms with Crippen LogP contribution in [0.1, 0.15) is 97.7 Å². The summed E-state index contributed by atoms with van der Waals surface area (Å²) in [7, 11) is -4.21. The molecule has 0 radical (unpaired) electrons. The van der Waals surface area contributed by atoms with E-state index in [1.165, 1.54) is 33.8 Å². The Kier molecular flexibility index (Phi) is 15.4. The van der Waals surface area contributed by atoms with Crippen LogP contribution in [0, 0.1) is 0 Å². The Balaban J connectivity index is 0.00000353. The molecule has 2 aromatic carbocycles. The van der Waals surface area contributed by atoms with Crippen molar-refractivity contribution in [3.63, 3.8) is 0 Å². The predicted octanol–water partition coefficient (Wildman–Crippen LogP) is 5.98. The maximum absolute atomic E-state index is 7.52. The molecule has 2 atom stereocenters. The van der Waals surface area contributed by atoms with Crippen LogP contribution in [0.25, 0.3) is 12.2 Å². The van der Waals surface area contributed by atoms with Crippen LogP contribution in [0.3, 0.4) is 0 Å². The van der Waals surface area contributed by atoms with Crippen LogP contribution < -0.4 is 24.8 Å². The number of benzene rings is 2. The summed E-state index contributed by atoms with van der Waals surface area (Å²) in [6.07, 6.45) is 11.0. The van der Waals surface area contributed by atoms with Crippen molar-refractivity contribution in [1.29, 1.82) is 0 Å². The zero-order valence-electron chi connectivity index (χ0n) is 28.7. The molecule has 0 bridgehead atoms. The Morgan fingerprint density at radius 3 is 1.27 bits per heavy atom. The molecule has 0 saturated carbocycles. The van der Waals surface area contributed by atoms with Crippen molar-refractivity contribution in [2.24, 2.45) is 0 Å². The van der Waals surface area contributed by atoms with Gasteiger partial charge in [-0.1, -0.05) is 0 Å². The smallest absolute Gasteiger partial charge is 1.00 e. The molecule has 244 valence electrons. The topological polar surface area (TPSA) is 18.5 Å². The van der Waals surface area contributed by atoms with Crippen molar-refractivity contribution in [3.05, 3.63) is 108 Å². The maximum atomic E-state index is 7.52. The number of allylic oxidation sites excluding steroid dienone is 4. The minimum Gasteiger partial charge on any atom is -1.00 e. The van der Waals surface area contributed by atoms with Crippen molar-refractivity contribution in [3.8, 4) is 0 Å². The summed E-state index contributed by atoms with van der Waals surface area (Å²) in [5.74, 6) is 2.50. The minimum atomic E-state index is -2.11. The van der Waals surface area contributed by atoms with Gasteiger partial charge >= 0.3 is 278 Å². The van der Waals surface area contributed by atoms with E-state index in [-0.39, 0.29) is 24.8 Å². The SMILES string of the molecule is C=CCC[Si](OC1=Cc2ccccc2[CH]1[Zr+2][CH]1C(O[Si](CCC=C)(C(C)C)C(C)C)=Cc2ccccc21)(C(C)C)C(C)C.[Cl-].[Cl-]. The molecular formula is C38H54Cl2O2Si2Zr. The molecule has 2 aliphatic rings. The summed E-state index contributed by atoms with van der Waals surface area (Å²) in [6, 6.07) is 20.3. The number of hydrogen-bond acceptors (Lipinski definition) is 2.